The number of hydrogen-bond acceptors (Lipinski definition) is 4. The van der Waals surface area contributed by atoms with Gasteiger partial charge in [0.2, 0.25) is 0 Å². The first-order valence-electron chi connectivity index (χ1n) is 11.0. The van der Waals surface area contributed by atoms with Crippen LogP contribution in [0.25, 0.3) is 10.2 Å². The zero-order chi connectivity index (χ0) is 21.3. The van der Waals surface area contributed by atoms with Crippen LogP contribution in [0.5, 0.6) is 0 Å². The average molecular weight is 428 g/mol. The number of benzene rings is 1. The van der Waals surface area contributed by atoms with Gasteiger partial charge in [0.25, 0.3) is 5.56 Å². The van der Waals surface area contributed by atoms with Crippen LogP contribution in [0.3, 0.4) is 0 Å². The van der Waals surface area contributed by atoms with Crippen LogP contribution in [-0.2, 0) is 25.8 Å². The number of aryl methyl sites for hydroxylation is 1. The lowest BCUT2D eigenvalue weighted by molar-refractivity contribution is 0.287. The smallest absolute Gasteiger partial charge is 0.262 e. The maximum absolute atomic E-state index is 14.4. The normalized spacial score (nSPS) is 16.4. The molecule has 1 aromatic carbocycles. The van der Waals surface area contributed by atoms with Gasteiger partial charge in [0, 0.05) is 24.4 Å². The van der Waals surface area contributed by atoms with Crippen molar-refractivity contribution in [2.75, 3.05) is 19.6 Å². The predicted molar refractivity (Wildman–Crippen MR) is 122 cm³/mol. The summed E-state index contributed by atoms with van der Waals surface area (Å²) in [6, 6.07) is 6.77. The monoisotopic (exact) mass is 427 g/mol. The van der Waals surface area contributed by atoms with Crippen LogP contribution in [-0.4, -0.2) is 34.1 Å². The Morgan fingerprint density at radius 3 is 2.77 bits per heavy atom. The largest absolute Gasteiger partial charge is 0.302 e. The Hall–Kier alpha value is -2.05. The Bertz CT molecular complexity index is 1100. The molecule has 0 amide bonds. The third-order valence-electron chi connectivity index (χ3n) is 6.33. The predicted octanol–water partition coefficient (Wildman–Crippen LogP) is 4.65. The molecule has 6 heteroatoms. The van der Waals surface area contributed by atoms with E-state index in [2.05, 4.69) is 25.7 Å². The molecule has 2 heterocycles. The molecule has 4 nitrogen and oxygen atoms in total. The third kappa shape index (κ3) is 4.08. The number of nitrogens with zero attached hydrogens (tertiary/aromatic N) is 3. The molecule has 3 aromatic rings. The fraction of sp³-hybridized carbons (Fsp3) is 0.500. The quantitative estimate of drug-likeness (QED) is 0.551. The topological polar surface area (TPSA) is 38.1 Å². The minimum absolute atomic E-state index is 0.0468. The van der Waals surface area contributed by atoms with Gasteiger partial charge in [0.05, 0.1) is 5.39 Å². The van der Waals surface area contributed by atoms with Crippen molar-refractivity contribution in [2.45, 2.75) is 53.0 Å². The third-order valence-corrected chi connectivity index (χ3v) is 7.48. The fourth-order valence-electron chi connectivity index (χ4n) is 4.42. The molecule has 0 bridgehead atoms. The van der Waals surface area contributed by atoms with Gasteiger partial charge in [-0.3, -0.25) is 9.36 Å². The summed E-state index contributed by atoms with van der Waals surface area (Å²) in [4.78, 5) is 23.0. The van der Waals surface area contributed by atoms with Gasteiger partial charge < -0.3 is 4.90 Å². The summed E-state index contributed by atoms with van der Waals surface area (Å²) in [7, 11) is 0. The van der Waals surface area contributed by atoms with Gasteiger partial charge in [-0.15, -0.1) is 11.3 Å². The van der Waals surface area contributed by atoms with Crippen molar-refractivity contribution in [3.8, 4) is 0 Å². The summed E-state index contributed by atoms with van der Waals surface area (Å²) >= 11 is 1.66. The molecule has 2 aromatic heterocycles. The Kier molecular flexibility index (Phi) is 6.34. The highest BCUT2D eigenvalue weighted by Gasteiger charge is 2.25. The van der Waals surface area contributed by atoms with E-state index >= 15 is 0 Å². The first-order valence-corrected chi connectivity index (χ1v) is 11.8. The van der Waals surface area contributed by atoms with Crippen LogP contribution in [0, 0.1) is 11.7 Å². The van der Waals surface area contributed by atoms with Crippen molar-refractivity contribution in [3.05, 3.63) is 62.3 Å². The Morgan fingerprint density at radius 1 is 1.27 bits per heavy atom. The second-order valence-electron chi connectivity index (χ2n) is 8.31. The van der Waals surface area contributed by atoms with E-state index in [0.717, 1.165) is 49.1 Å². The molecule has 0 spiro atoms. The molecule has 0 saturated carbocycles. The molecule has 0 radical (unpaired) electrons. The lowest BCUT2D eigenvalue weighted by Crippen LogP contribution is -2.33. The van der Waals surface area contributed by atoms with E-state index in [4.69, 9.17) is 4.98 Å². The van der Waals surface area contributed by atoms with Crippen LogP contribution < -0.4 is 5.56 Å². The Morgan fingerprint density at radius 2 is 2.03 bits per heavy atom. The van der Waals surface area contributed by atoms with Gasteiger partial charge in [-0.1, -0.05) is 39.0 Å². The second kappa shape index (κ2) is 8.98. The highest BCUT2D eigenvalue weighted by molar-refractivity contribution is 7.18. The summed E-state index contributed by atoms with van der Waals surface area (Å²) in [5.74, 6) is 1.06. The SMILES string of the molecule is CCN(CC)CCn1c(Cc2ccccc2F)nc2sc3c(c2c1=O)CCC(C)C3. The number of likely N-dealkylation sites (N-methyl/N-ethyl adjacent to an activating group) is 1. The molecule has 1 atom stereocenters. The lowest BCUT2D eigenvalue weighted by Gasteiger charge is -2.20. The number of fused-ring (bicyclic) bond motifs is 3. The molecule has 0 N–H and O–H groups in total. The van der Waals surface area contributed by atoms with Crippen molar-refractivity contribution in [2.24, 2.45) is 5.92 Å². The molecule has 4 rings (SSSR count). The summed E-state index contributed by atoms with van der Waals surface area (Å²) in [6.07, 6.45) is 3.43. The highest BCUT2D eigenvalue weighted by Crippen LogP contribution is 2.36. The van der Waals surface area contributed by atoms with Crippen molar-refractivity contribution in [3.63, 3.8) is 0 Å². The molecule has 1 unspecified atom stereocenters. The van der Waals surface area contributed by atoms with Crippen molar-refractivity contribution >= 4 is 21.6 Å². The van der Waals surface area contributed by atoms with E-state index in [1.54, 1.807) is 28.0 Å². The molecule has 160 valence electrons. The molecule has 0 saturated heterocycles. The average Bonchev–Trinajstić information content (AvgIpc) is 3.09. The first-order chi connectivity index (χ1) is 14.5. The van der Waals surface area contributed by atoms with Crippen LogP contribution in [0.1, 0.15) is 49.0 Å². The minimum atomic E-state index is -0.249. The van der Waals surface area contributed by atoms with E-state index < -0.39 is 0 Å². The van der Waals surface area contributed by atoms with E-state index in [0.29, 0.717) is 30.3 Å². The fourth-order valence-corrected chi connectivity index (χ4v) is 5.82. The van der Waals surface area contributed by atoms with Crippen LogP contribution in [0.4, 0.5) is 4.39 Å². The first kappa shape index (κ1) is 21.2. The molecule has 1 aliphatic rings. The summed E-state index contributed by atoms with van der Waals surface area (Å²) in [6.45, 7) is 9.77. The highest BCUT2D eigenvalue weighted by atomic mass is 32.1. The molecular weight excluding hydrogens is 397 g/mol. The number of hydrogen-bond donors (Lipinski definition) is 0. The Balaban J connectivity index is 1.82. The maximum Gasteiger partial charge on any atom is 0.262 e. The summed E-state index contributed by atoms with van der Waals surface area (Å²) < 4.78 is 16.2. The van der Waals surface area contributed by atoms with Crippen molar-refractivity contribution < 1.29 is 4.39 Å². The molecule has 0 fully saturated rings. The van der Waals surface area contributed by atoms with Crippen molar-refractivity contribution in [1.82, 2.24) is 14.5 Å². The van der Waals surface area contributed by atoms with Crippen LogP contribution in [0.15, 0.2) is 29.1 Å². The van der Waals surface area contributed by atoms with Crippen LogP contribution in [0.2, 0.25) is 0 Å². The molecule has 30 heavy (non-hydrogen) atoms. The van der Waals surface area contributed by atoms with Gasteiger partial charge >= 0.3 is 0 Å². The van der Waals surface area contributed by atoms with E-state index in [1.807, 2.05) is 6.07 Å². The standard InChI is InChI=1S/C24H30FN3OS/c1-4-27(5-2)12-13-28-21(15-17-8-6-7-9-19(17)25)26-23-22(24(28)29)18-11-10-16(3)14-20(18)30-23/h6-9,16H,4-5,10-15H2,1-3H3. The van der Waals surface area contributed by atoms with Crippen molar-refractivity contribution in [1.29, 1.82) is 0 Å². The lowest BCUT2D eigenvalue weighted by atomic mass is 9.89. The van der Waals surface area contributed by atoms with Gasteiger partial charge in [-0.25, -0.2) is 9.37 Å². The molecule has 0 aliphatic heterocycles. The number of thiophene rings is 1. The van der Waals surface area contributed by atoms with Gasteiger partial charge in [-0.2, -0.15) is 0 Å². The second-order valence-corrected chi connectivity index (χ2v) is 9.40. The maximum atomic E-state index is 14.4. The van der Waals surface area contributed by atoms with Gasteiger partial charge in [-0.05, 0) is 55.5 Å². The van der Waals surface area contributed by atoms with E-state index in [9.17, 15) is 9.18 Å². The summed E-state index contributed by atoms with van der Waals surface area (Å²) in [5, 5.41) is 0.804. The number of rotatable bonds is 7. The zero-order valence-corrected chi connectivity index (χ0v) is 18.9. The summed E-state index contributed by atoms with van der Waals surface area (Å²) in [5.41, 5.74) is 1.83. The molecular formula is C24H30FN3OS. The van der Waals surface area contributed by atoms with Crippen LogP contribution >= 0.6 is 11.3 Å². The Labute approximate surface area is 181 Å². The van der Waals surface area contributed by atoms with E-state index in [-0.39, 0.29) is 11.4 Å². The molecule has 1 aliphatic carbocycles. The zero-order valence-electron chi connectivity index (χ0n) is 18.1. The number of aromatic nitrogens is 2. The minimum Gasteiger partial charge on any atom is -0.302 e. The number of halogens is 1. The van der Waals surface area contributed by atoms with Gasteiger partial charge in [0.1, 0.15) is 16.5 Å². The van der Waals surface area contributed by atoms with E-state index in [1.165, 1.54) is 16.5 Å². The van der Waals surface area contributed by atoms with Gasteiger partial charge in [0.15, 0.2) is 0 Å².